The molecule has 0 bridgehead atoms. The fourth-order valence-electron chi connectivity index (χ4n) is 3.18. The number of amides is 1. The van der Waals surface area contributed by atoms with E-state index in [1.54, 1.807) is 18.2 Å². The predicted molar refractivity (Wildman–Crippen MR) is 107 cm³/mol. The molecule has 1 fully saturated rings. The molecule has 1 aliphatic carbocycles. The molecule has 2 aromatic rings. The maximum absolute atomic E-state index is 11.2. The largest absolute Gasteiger partial charge is 0.491 e. The standard InChI is InChI=1S/C18H25N7O4/c1-27-13-7-8-14(23-17(13)28-2)22-12-9-15(24-25-16(12)29-18(20)26)21-11-6-4-3-5-10(11)19/h7-11H,3-6,19H2,1-2H3,(H2,20,26)(H2,21,22,23,24)/t10-,11+/m0/s1. The molecule has 156 valence electrons. The van der Waals surface area contributed by atoms with Gasteiger partial charge in [-0.3, -0.25) is 0 Å². The first kappa shape index (κ1) is 20.4. The van der Waals surface area contributed by atoms with Crippen molar-refractivity contribution < 1.29 is 19.0 Å². The van der Waals surface area contributed by atoms with Crippen LogP contribution in [0.1, 0.15) is 25.7 Å². The Morgan fingerprint density at radius 3 is 2.59 bits per heavy atom. The lowest BCUT2D eigenvalue weighted by Gasteiger charge is -2.29. The SMILES string of the molecule is COc1ccc(Nc2cc(N[C@@H]3CCCC[C@@H]3N)nnc2OC(N)=O)nc1OC. The Hall–Kier alpha value is -3.34. The summed E-state index contributed by atoms with van der Waals surface area (Å²) < 4.78 is 15.3. The molecule has 2 aromatic heterocycles. The van der Waals surface area contributed by atoms with E-state index in [1.165, 1.54) is 14.2 Å². The summed E-state index contributed by atoms with van der Waals surface area (Å²) in [5.41, 5.74) is 11.7. The van der Waals surface area contributed by atoms with Gasteiger partial charge >= 0.3 is 6.09 Å². The first-order valence-electron chi connectivity index (χ1n) is 9.23. The fourth-order valence-corrected chi connectivity index (χ4v) is 3.18. The second-order valence-electron chi connectivity index (χ2n) is 6.60. The summed E-state index contributed by atoms with van der Waals surface area (Å²) >= 11 is 0. The minimum Gasteiger partial charge on any atom is -0.491 e. The molecule has 0 unspecified atom stereocenters. The van der Waals surface area contributed by atoms with Crippen LogP contribution >= 0.6 is 0 Å². The molecule has 0 spiro atoms. The Labute approximate surface area is 168 Å². The van der Waals surface area contributed by atoms with E-state index in [9.17, 15) is 4.79 Å². The van der Waals surface area contributed by atoms with E-state index in [0.29, 0.717) is 29.0 Å². The summed E-state index contributed by atoms with van der Waals surface area (Å²) in [6, 6.07) is 5.16. The minimum atomic E-state index is -1.00. The first-order valence-corrected chi connectivity index (χ1v) is 9.23. The zero-order valence-corrected chi connectivity index (χ0v) is 16.3. The molecule has 0 saturated heterocycles. The quantitative estimate of drug-likeness (QED) is 0.536. The number of nitrogens with zero attached hydrogens (tertiary/aromatic N) is 3. The van der Waals surface area contributed by atoms with Crippen molar-refractivity contribution in [2.24, 2.45) is 11.5 Å². The van der Waals surface area contributed by atoms with Crippen LogP contribution in [0.2, 0.25) is 0 Å². The maximum atomic E-state index is 11.2. The number of ether oxygens (including phenoxy) is 3. The number of rotatable bonds is 7. The van der Waals surface area contributed by atoms with Gasteiger partial charge in [0.05, 0.1) is 14.2 Å². The van der Waals surface area contributed by atoms with Crippen LogP contribution in [0.3, 0.4) is 0 Å². The van der Waals surface area contributed by atoms with Gasteiger partial charge in [-0.05, 0) is 25.0 Å². The monoisotopic (exact) mass is 403 g/mol. The molecule has 0 radical (unpaired) electrons. The number of carbonyl (C=O) groups is 1. The average molecular weight is 403 g/mol. The van der Waals surface area contributed by atoms with Crippen molar-refractivity contribution in [2.75, 3.05) is 24.9 Å². The Morgan fingerprint density at radius 2 is 1.90 bits per heavy atom. The third-order valence-corrected chi connectivity index (χ3v) is 4.61. The van der Waals surface area contributed by atoms with Crippen LogP contribution in [-0.2, 0) is 0 Å². The number of methoxy groups -OCH3 is 2. The van der Waals surface area contributed by atoms with Gasteiger partial charge in [0.1, 0.15) is 11.5 Å². The molecule has 1 amide bonds. The third kappa shape index (κ3) is 5.13. The number of nitrogens with one attached hydrogen (secondary N) is 2. The van der Waals surface area contributed by atoms with Gasteiger partial charge in [-0.2, -0.15) is 4.98 Å². The number of primary amides is 1. The molecule has 2 heterocycles. The van der Waals surface area contributed by atoms with E-state index in [0.717, 1.165) is 25.7 Å². The van der Waals surface area contributed by atoms with Crippen molar-refractivity contribution in [2.45, 2.75) is 37.8 Å². The van der Waals surface area contributed by atoms with E-state index >= 15 is 0 Å². The number of hydrogen-bond donors (Lipinski definition) is 4. The van der Waals surface area contributed by atoms with Crippen LogP contribution in [0.25, 0.3) is 0 Å². The van der Waals surface area contributed by atoms with Gasteiger partial charge in [0, 0.05) is 18.2 Å². The third-order valence-electron chi connectivity index (χ3n) is 4.61. The second-order valence-corrected chi connectivity index (χ2v) is 6.60. The molecule has 11 heteroatoms. The number of carbonyl (C=O) groups excluding carboxylic acids is 1. The van der Waals surface area contributed by atoms with Crippen molar-refractivity contribution in [3.8, 4) is 17.5 Å². The highest BCUT2D eigenvalue weighted by atomic mass is 16.6. The van der Waals surface area contributed by atoms with Crippen LogP contribution in [-0.4, -0.2) is 47.6 Å². The fraction of sp³-hybridized carbons (Fsp3) is 0.444. The Bertz CT molecular complexity index is 864. The predicted octanol–water partition coefficient (Wildman–Crippen LogP) is 1.77. The van der Waals surface area contributed by atoms with Crippen molar-refractivity contribution in [3.05, 3.63) is 18.2 Å². The number of hydrogen-bond acceptors (Lipinski definition) is 10. The van der Waals surface area contributed by atoms with Crippen molar-refractivity contribution in [1.82, 2.24) is 15.2 Å². The molecule has 11 nitrogen and oxygen atoms in total. The molecule has 29 heavy (non-hydrogen) atoms. The van der Waals surface area contributed by atoms with Crippen LogP contribution in [0.4, 0.5) is 22.1 Å². The van der Waals surface area contributed by atoms with Gasteiger partial charge < -0.3 is 36.3 Å². The van der Waals surface area contributed by atoms with Gasteiger partial charge in [0.25, 0.3) is 11.8 Å². The van der Waals surface area contributed by atoms with Gasteiger partial charge in [-0.15, -0.1) is 10.2 Å². The molecule has 6 N–H and O–H groups in total. The van der Waals surface area contributed by atoms with Gasteiger partial charge in [0.15, 0.2) is 11.6 Å². The van der Waals surface area contributed by atoms with Crippen molar-refractivity contribution in [3.63, 3.8) is 0 Å². The Morgan fingerprint density at radius 1 is 1.10 bits per heavy atom. The van der Waals surface area contributed by atoms with Crippen LogP contribution in [0.5, 0.6) is 17.5 Å². The second kappa shape index (κ2) is 9.24. The first-order chi connectivity index (χ1) is 14.0. The van der Waals surface area contributed by atoms with Crippen LogP contribution in [0, 0.1) is 0 Å². The number of nitrogens with two attached hydrogens (primary N) is 2. The zero-order chi connectivity index (χ0) is 20.8. The number of anilines is 3. The topological polar surface area (TPSA) is 160 Å². The van der Waals surface area contributed by atoms with Gasteiger partial charge in [-0.1, -0.05) is 12.8 Å². The highest BCUT2D eigenvalue weighted by molar-refractivity contribution is 5.73. The van der Waals surface area contributed by atoms with Gasteiger partial charge in [-0.25, -0.2) is 4.79 Å². The van der Waals surface area contributed by atoms with E-state index < -0.39 is 6.09 Å². The van der Waals surface area contributed by atoms with Crippen LogP contribution < -0.4 is 36.3 Å². The van der Waals surface area contributed by atoms with Gasteiger partial charge in [0.2, 0.25) is 0 Å². The summed E-state index contributed by atoms with van der Waals surface area (Å²) in [5, 5.41) is 14.4. The Balaban J connectivity index is 1.86. The summed E-state index contributed by atoms with van der Waals surface area (Å²) in [7, 11) is 3.01. The lowest BCUT2D eigenvalue weighted by molar-refractivity contribution is 0.209. The molecule has 3 rings (SSSR count). The molecule has 0 aromatic carbocycles. The lowest BCUT2D eigenvalue weighted by Crippen LogP contribution is -2.42. The summed E-state index contributed by atoms with van der Waals surface area (Å²) in [4.78, 5) is 15.5. The van der Waals surface area contributed by atoms with Crippen LogP contribution in [0.15, 0.2) is 18.2 Å². The maximum Gasteiger partial charge on any atom is 0.411 e. The van der Waals surface area contributed by atoms with E-state index in [2.05, 4.69) is 25.8 Å². The summed E-state index contributed by atoms with van der Waals surface area (Å²) in [5.74, 6) is 1.61. The summed E-state index contributed by atoms with van der Waals surface area (Å²) in [6.45, 7) is 0. The molecule has 1 saturated carbocycles. The Kier molecular flexibility index (Phi) is 6.50. The molecule has 1 aliphatic rings. The smallest absolute Gasteiger partial charge is 0.411 e. The number of pyridine rings is 1. The average Bonchev–Trinajstić information content (AvgIpc) is 2.71. The summed E-state index contributed by atoms with van der Waals surface area (Å²) in [6.07, 6.45) is 3.12. The zero-order valence-electron chi connectivity index (χ0n) is 16.3. The highest BCUT2D eigenvalue weighted by Crippen LogP contribution is 2.31. The highest BCUT2D eigenvalue weighted by Gasteiger charge is 2.23. The lowest BCUT2D eigenvalue weighted by atomic mass is 9.91. The minimum absolute atomic E-state index is 0.0380. The number of aromatic nitrogens is 3. The molecule has 2 atom stereocenters. The molecular weight excluding hydrogens is 378 g/mol. The van der Waals surface area contributed by atoms with E-state index in [-0.39, 0.29) is 18.0 Å². The van der Waals surface area contributed by atoms with E-state index in [4.69, 9.17) is 25.7 Å². The molecular formula is C18H25N7O4. The van der Waals surface area contributed by atoms with Crippen molar-refractivity contribution >= 4 is 23.4 Å². The van der Waals surface area contributed by atoms with Crippen molar-refractivity contribution in [1.29, 1.82) is 0 Å². The normalized spacial score (nSPS) is 18.6. The molecule has 0 aliphatic heterocycles. The van der Waals surface area contributed by atoms with E-state index in [1.807, 2.05) is 0 Å².